The molecule has 7 nitrogen and oxygen atoms in total. The van der Waals surface area contributed by atoms with Gasteiger partial charge in [-0.3, -0.25) is 0 Å². The number of rotatable bonds is 8. The molecule has 20 heavy (non-hydrogen) atoms. The Hall–Kier alpha value is -1.31. The molecular weight excluding hydrogens is 284 g/mol. The minimum Gasteiger partial charge on any atom is -0.480 e. The molecule has 0 heterocycles. The van der Waals surface area contributed by atoms with Crippen molar-refractivity contribution in [3.8, 4) is 0 Å². The Bertz CT molecular complexity index is 458. The Kier molecular flexibility index (Phi) is 5.79. The molecule has 0 saturated heterocycles. The van der Waals surface area contributed by atoms with Crippen LogP contribution in [0.1, 0.15) is 32.6 Å². The molecule has 116 valence electrons. The predicted molar refractivity (Wildman–Crippen MR) is 74.2 cm³/mol. The number of aliphatic carboxylic acids is 1. The van der Waals surface area contributed by atoms with E-state index >= 15 is 0 Å². The fourth-order valence-corrected chi connectivity index (χ4v) is 2.59. The summed E-state index contributed by atoms with van der Waals surface area (Å²) in [6.07, 6.45) is 4.14. The third kappa shape index (κ3) is 7.32. The zero-order chi connectivity index (χ0) is 15.3. The summed E-state index contributed by atoms with van der Waals surface area (Å²) in [5.74, 6) is -0.855. The summed E-state index contributed by atoms with van der Waals surface area (Å²) < 4.78 is 22.1. The van der Waals surface area contributed by atoms with Crippen LogP contribution >= 0.6 is 0 Å². The van der Waals surface area contributed by atoms with E-state index in [-0.39, 0.29) is 18.2 Å². The van der Waals surface area contributed by atoms with Crippen molar-refractivity contribution in [3.05, 3.63) is 0 Å². The highest BCUT2D eigenvalue weighted by Gasteiger charge is 2.26. The number of sulfone groups is 1. The minimum absolute atomic E-state index is 0.0214. The van der Waals surface area contributed by atoms with Gasteiger partial charge in [0.1, 0.15) is 15.9 Å². The van der Waals surface area contributed by atoms with Gasteiger partial charge in [0, 0.05) is 12.3 Å². The number of hydrogen-bond acceptors (Lipinski definition) is 4. The number of urea groups is 1. The highest BCUT2D eigenvalue weighted by Crippen LogP contribution is 2.33. The Balaban J connectivity index is 2.39. The predicted octanol–water partition coefficient (Wildman–Crippen LogP) is 0.362. The average Bonchev–Trinajstić information content (AvgIpc) is 3.05. The third-order valence-corrected chi connectivity index (χ3v) is 4.12. The molecule has 1 rings (SSSR count). The van der Waals surface area contributed by atoms with Gasteiger partial charge in [0.2, 0.25) is 0 Å². The molecular formula is C12H22N2O5S. The molecule has 0 aromatic carbocycles. The molecule has 8 heteroatoms. The van der Waals surface area contributed by atoms with Crippen LogP contribution in [-0.2, 0) is 14.6 Å². The number of hydrogen-bond donors (Lipinski definition) is 3. The van der Waals surface area contributed by atoms with E-state index in [1.54, 1.807) is 0 Å². The fourth-order valence-electron chi connectivity index (χ4n) is 1.93. The minimum atomic E-state index is -3.25. The molecule has 1 aliphatic rings. The molecule has 1 aliphatic carbocycles. The Morgan fingerprint density at radius 2 is 1.90 bits per heavy atom. The summed E-state index contributed by atoms with van der Waals surface area (Å²) in [6, 6.07) is -1.79. The molecule has 3 N–H and O–H groups in total. The summed E-state index contributed by atoms with van der Waals surface area (Å²) in [5.41, 5.74) is 0. The van der Waals surface area contributed by atoms with Crippen molar-refractivity contribution >= 4 is 21.8 Å². The van der Waals surface area contributed by atoms with Gasteiger partial charge in [-0.25, -0.2) is 18.0 Å². The second-order valence-electron chi connectivity index (χ2n) is 5.51. The number of amides is 2. The lowest BCUT2D eigenvalue weighted by molar-refractivity contribution is -0.139. The normalized spacial score (nSPS) is 18.1. The number of carboxylic acids is 1. The Morgan fingerprint density at radius 1 is 1.30 bits per heavy atom. The van der Waals surface area contributed by atoms with E-state index in [4.69, 9.17) is 5.11 Å². The van der Waals surface area contributed by atoms with Crippen LogP contribution in [0.2, 0.25) is 0 Å². The zero-order valence-electron chi connectivity index (χ0n) is 11.8. The quantitative estimate of drug-likeness (QED) is 0.599. The van der Waals surface area contributed by atoms with Crippen molar-refractivity contribution in [3.63, 3.8) is 0 Å². The van der Waals surface area contributed by atoms with Gasteiger partial charge in [0.25, 0.3) is 0 Å². The van der Waals surface area contributed by atoms with Crippen molar-refractivity contribution in [1.82, 2.24) is 10.6 Å². The summed E-state index contributed by atoms with van der Waals surface area (Å²) in [4.78, 5) is 22.6. The Labute approximate surface area is 119 Å². The molecule has 0 aromatic rings. The molecule has 2 unspecified atom stereocenters. The highest BCUT2D eigenvalue weighted by molar-refractivity contribution is 7.90. The van der Waals surface area contributed by atoms with Gasteiger partial charge < -0.3 is 15.7 Å². The van der Waals surface area contributed by atoms with Gasteiger partial charge in [0.05, 0.1) is 5.75 Å². The topological polar surface area (TPSA) is 113 Å². The van der Waals surface area contributed by atoms with Crippen LogP contribution in [0.5, 0.6) is 0 Å². The van der Waals surface area contributed by atoms with E-state index in [0.717, 1.165) is 12.7 Å². The lowest BCUT2D eigenvalue weighted by Crippen LogP contribution is -2.49. The maximum absolute atomic E-state index is 11.7. The fraction of sp³-hybridized carbons (Fsp3) is 0.833. The van der Waals surface area contributed by atoms with Crippen molar-refractivity contribution in [2.45, 2.75) is 44.7 Å². The van der Waals surface area contributed by atoms with E-state index in [9.17, 15) is 18.0 Å². The van der Waals surface area contributed by atoms with Crippen LogP contribution in [0.15, 0.2) is 0 Å². The van der Waals surface area contributed by atoms with E-state index in [2.05, 4.69) is 10.6 Å². The van der Waals surface area contributed by atoms with Gasteiger partial charge in [-0.2, -0.15) is 0 Å². The van der Waals surface area contributed by atoms with Crippen LogP contribution in [0.3, 0.4) is 0 Å². The first-order valence-corrected chi connectivity index (χ1v) is 8.71. The smallest absolute Gasteiger partial charge is 0.326 e. The summed E-state index contributed by atoms with van der Waals surface area (Å²) in [7, 11) is -3.25. The maximum Gasteiger partial charge on any atom is 0.326 e. The average molecular weight is 306 g/mol. The van der Waals surface area contributed by atoms with Gasteiger partial charge >= 0.3 is 12.0 Å². The molecule has 0 aromatic heterocycles. The molecule has 0 bridgehead atoms. The van der Waals surface area contributed by atoms with Crippen molar-refractivity contribution in [2.75, 3.05) is 12.0 Å². The highest BCUT2D eigenvalue weighted by atomic mass is 32.2. The van der Waals surface area contributed by atoms with Crippen LogP contribution < -0.4 is 10.6 Å². The molecule has 2 atom stereocenters. The maximum atomic E-state index is 11.7. The summed E-state index contributed by atoms with van der Waals surface area (Å²) in [6.45, 7) is 1.87. The van der Waals surface area contributed by atoms with Crippen LogP contribution in [-0.4, -0.2) is 49.6 Å². The Morgan fingerprint density at radius 3 is 2.35 bits per heavy atom. The molecule has 2 amide bonds. The van der Waals surface area contributed by atoms with Crippen molar-refractivity contribution in [2.24, 2.45) is 5.92 Å². The first kappa shape index (κ1) is 16.7. The van der Waals surface area contributed by atoms with E-state index in [0.29, 0.717) is 5.92 Å². The van der Waals surface area contributed by atoms with Crippen LogP contribution in [0.4, 0.5) is 4.79 Å². The first-order valence-electron chi connectivity index (χ1n) is 6.65. The van der Waals surface area contributed by atoms with Crippen molar-refractivity contribution < 1.29 is 23.1 Å². The molecule has 1 saturated carbocycles. The van der Waals surface area contributed by atoms with Crippen molar-refractivity contribution in [1.29, 1.82) is 0 Å². The zero-order valence-corrected chi connectivity index (χ0v) is 12.6. The molecule has 0 spiro atoms. The van der Waals surface area contributed by atoms with E-state index in [1.165, 1.54) is 12.8 Å². The summed E-state index contributed by atoms with van der Waals surface area (Å²) >= 11 is 0. The number of carboxylic acid groups (broad SMARTS) is 1. The second-order valence-corrected chi connectivity index (χ2v) is 7.77. The van der Waals surface area contributed by atoms with Crippen LogP contribution in [0.25, 0.3) is 0 Å². The van der Waals surface area contributed by atoms with Crippen LogP contribution in [0, 0.1) is 5.92 Å². The monoisotopic (exact) mass is 306 g/mol. The first-order chi connectivity index (χ1) is 9.17. The number of carbonyl (C=O) groups excluding carboxylic acids is 1. The standard InChI is InChI=1S/C12H22N2O5S/c1-8(7-9-3-4-9)13-12(17)14-10(11(15)16)5-6-20(2,18)19/h8-10H,3-7H2,1-2H3,(H,15,16)(H2,13,14,17). The molecule has 1 fully saturated rings. The number of carbonyl (C=O) groups is 2. The lowest BCUT2D eigenvalue weighted by Gasteiger charge is -2.18. The van der Waals surface area contributed by atoms with Gasteiger partial charge in [-0.05, 0) is 25.7 Å². The van der Waals surface area contributed by atoms with Gasteiger partial charge in [0.15, 0.2) is 0 Å². The largest absolute Gasteiger partial charge is 0.480 e. The molecule has 0 radical (unpaired) electrons. The van der Waals surface area contributed by atoms with E-state index < -0.39 is 27.9 Å². The SMILES string of the molecule is CC(CC1CC1)NC(=O)NC(CCS(C)(=O)=O)C(=O)O. The second kappa shape index (κ2) is 6.92. The number of nitrogens with one attached hydrogen (secondary N) is 2. The van der Waals surface area contributed by atoms with Gasteiger partial charge in [-0.15, -0.1) is 0 Å². The lowest BCUT2D eigenvalue weighted by atomic mass is 10.1. The molecule has 0 aliphatic heterocycles. The summed E-state index contributed by atoms with van der Waals surface area (Å²) in [5, 5.41) is 13.9. The van der Waals surface area contributed by atoms with E-state index in [1.807, 2.05) is 6.92 Å². The van der Waals surface area contributed by atoms with Gasteiger partial charge in [-0.1, -0.05) is 12.8 Å². The third-order valence-electron chi connectivity index (χ3n) is 3.14.